The van der Waals surface area contributed by atoms with Crippen molar-refractivity contribution in [3.8, 4) is 5.75 Å². The van der Waals surface area contributed by atoms with Crippen LogP contribution in [0.15, 0.2) is 24.3 Å². The Hall–Kier alpha value is -3.89. The summed E-state index contributed by atoms with van der Waals surface area (Å²) in [6, 6.07) is 0.0126. The predicted octanol–water partition coefficient (Wildman–Crippen LogP) is -2.13. The molecule has 0 aliphatic carbocycles. The lowest BCUT2D eigenvalue weighted by Crippen LogP contribution is -2.62. The van der Waals surface area contributed by atoms with E-state index in [4.69, 9.17) is 10.8 Å². The molecule has 0 unspecified atom stereocenters. The van der Waals surface area contributed by atoms with Gasteiger partial charge in [0.15, 0.2) is 0 Å². The van der Waals surface area contributed by atoms with E-state index in [1.165, 1.54) is 36.1 Å². The van der Waals surface area contributed by atoms with Crippen LogP contribution in [0.25, 0.3) is 0 Å². The van der Waals surface area contributed by atoms with Gasteiger partial charge in [-0.25, -0.2) is 0 Å². The molecule has 9 N–H and O–H groups in total. The predicted molar refractivity (Wildman–Crippen MR) is 161 cm³/mol. The molecule has 1 aliphatic heterocycles. The van der Waals surface area contributed by atoms with Gasteiger partial charge >= 0.3 is 5.97 Å². The number of aliphatic hydroxyl groups is 1. The maximum atomic E-state index is 13.3. The standard InChI is InChI=1S/C28H42N6O9S/c1-14(2)22(32-25(40)20-5-4-10-34(20)28(43)18(29)13-44)26(41)33-23(15(3)35)27(42)31-19(24(39)30-12-21(37)38)11-16-6-8-17(36)9-7-16/h6-9,14-15,18-20,22-23,35-36,44H,4-5,10-13,29H2,1-3H3,(H,30,39)(H,31,42)(H,32,40)(H,33,41)(H,37,38)/t15-,18+,19+,20+,22+,23+/m1/s1. The Morgan fingerprint density at radius 2 is 1.59 bits per heavy atom. The van der Waals surface area contributed by atoms with Crippen molar-refractivity contribution in [3.05, 3.63) is 29.8 Å². The van der Waals surface area contributed by atoms with Gasteiger partial charge in [0.05, 0.1) is 12.1 Å². The van der Waals surface area contributed by atoms with Gasteiger partial charge in [-0.2, -0.15) is 12.6 Å². The number of carboxylic acids is 1. The second-order valence-corrected chi connectivity index (χ2v) is 11.3. The molecule has 16 heteroatoms. The number of carbonyl (C=O) groups is 6. The van der Waals surface area contributed by atoms with Crippen molar-refractivity contribution in [1.29, 1.82) is 0 Å². The summed E-state index contributed by atoms with van der Waals surface area (Å²) in [6.45, 7) is 4.19. The molecule has 1 aliphatic rings. The van der Waals surface area contributed by atoms with Crippen LogP contribution in [0.3, 0.4) is 0 Å². The van der Waals surface area contributed by atoms with Gasteiger partial charge in [0.1, 0.15) is 36.5 Å². The molecule has 15 nitrogen and oxygen atoms in total. The molecule has 1 saturated heterocycles. The Kier molecular flexibility index (Phi) is 13.9. The summed E-state index contributed by atoms with van der Waals surface area (Å²) >= 11 is 4.05. The third-order valence-electron chi connectivity index (χ3n) is 7.08. The van der Waals surface area contributed by atoms with Crippen molar-refractivity contribution in [2.24, 2.45) is 11.7 Å². The van der Waals surface area contributed by atoms with Gasteiger partial charge in [0.25, 0.3) is 0 Å². The second kappa shape index (κ2) is 16.8. The average molecular weight is 639 g/mol. The van der Waals surface area contributed by atoms with Gasteiger partial charge in [0.2, 0.25) is 29.5 Å². The van der Waals surface area contributed by atoms with Gasteiger partial charge in [-0.3, -0.25) is 28.8 Å². The number of hydrogen-bond acceptors (Lipinski definition) is 10. The van der Waals surface area contributed by atoms with Crippen LogP contribution in [0.1, 0.15) is 39.2 Å². The van der Waals surface area contributed by atoms with Crippen molar-refractivity contribution in [3.63, 3.8) is 0 Å². The third-order valence-corrected chi connectivity index (χ3v) is 7.48. The Bertz CT molecular complexity index is 1200. The minimum Gasteiger partial charge on any atom is -0.508 e. The molecule has 1 aromatic carbocycles. The number of rotatable bonds is 15. The molecular weight excluding hydrogens is 596 g/mol. The van der Waals surface area contributed by atoms with Crippen LogP contribution >= 0.6 is 12.6 Å². The maximum absolute atomic E-state index is 13.3. The van der Waals surface area contributed by atoms with Crippen molar-refractivity contribution in [1.82, 2.24) is 26.2 Å². The molecule has 2 rings (SSSR count). The molecule has 0 aromatic heterocycles. The zero-order valence-corrected chi connectivity index (χ0v) is 25.8. The zero-order chi connectivity index (χ0) is 33.1. The Morgan fingerprint density at radius 1 is 0.977 bits per heavy atom. The van der Waals surface area contributed by atoms with E-state index in [-0.39, 0.29) is 17.9 Å². The number of likely N-dealkylation sites (tertiary alicyclic amines) is 1. The van der Waals surface area contributed by atoms with E-state index < -0.39 is 84.3 Å². The average Bonchev–Trinajstić information content (AvgIpc) is 3.46. The molecular formula is C28H42N6O9S. The summed E-state index contributed by atoms with van der Waals surface area (Å²) < 4.78 is 0. The number of nitrogens with one attached hydrogen (secondary N) is 4. The highest BCUT2D eigenvalue weighted by molar-refractivity contribution is 7.80. The lowest BCUT2D eigenvalue weighted by Gasteiger charge is -2.30. The van der Waals surface area contributed by atoms with Gasteiger partial charge in [0, 0.05) is 18.7 Å². The highest BCUT2D eigenvalue weighted by Crippen LogP contribution is 2.19. The Balaban J connectivity index is 2.19. The normalized spacial score (nSPS) is 18.0. The van der Waals surface area contributed by atoms with Gasteiger partial charge in [-0.1, -0.05) is 26.0 Å². The minimum absolute atomic E-state index is 0.0261. The van der Waals surface area contributed by atoms with E-state index >= 15 is 0 Å². The van der Waals surface area contributed by atoms with E-state index in [2.05, 4.69) is 33.9 Å². The number of thiol groups is 1. The van der Waals surface area contributed by atoms with Gasteiger partial charge in [-0.15, -0.1) is 0 Å². The van der Waals surface area contributed by atoms with Gasteiger partial charge in [-0.05, 0) is 43.4 Å². The fourth-order valence-corrected chi connectivity index (χ4v) is 4.81. The smallest absolute Gasteiger partial charge is 0.322 e. The molecule has 5 amide bonds. The molecule has 0 spiro atoms. The zero-order valence-electron chi connectivity index (χ0n) is 24.9. The number of aliphatic hydroxyl groups excluding tert-OH is 1. The van der Waals surface area contributed by atoms with E-state index in [1.807, 2.05) is 0 Å². The van der Waals surface area contributed by atoms with Crippen molar-refractivity contribution < 1.29 is 44.1 Å². The molecule has 0 radical (unpaired) electrons. The monoisotopic (exact) mass is 638 g/mol. The van der Waals surface area contributed by atoms with E-state index in [0.29, 0.717) is 24.9 Å². The fourth-order valence-electron chi connectivity index (χ4n) is 4.65. The van der Waals surface area contributed by atoms with Gasteiger partial charge < -0.3 is 47.2 Å². The van der Waals surface area contributed by atoms with E-state index in [9.17, 15) is 39.0 Å². The molecule has 6 atom stereocenters. The van der Waals surface area contributed by atoms with Crippen LogP contribution in [0.4, 0.5) is 0 Å². The van der Waals surface area contributed by atoms with Crippen LogP contribution in [-0.2, 0) is 35.2 Å². The number of carbonyl (C=O) groups excluding carboxylic acids is 5. The quantitative estimate of drug-likeness (QED) is 0.0946. The number of benzene rings is 1. The van der Waals surface area contributed by atoms with Crippen LogP contribution < -0.4 is 27.0 Å². The van der Waals surface area contributed by atoms with Crippen LogP contribution in [-0.4, -0.2) is 111 Å². The first-order valence-electron chi connectivity index (χ1n) is 14.2. The number of nitrogens with zero attached hydrogens (tertiary/aromatic N) is 1. The number of aromatic hydroxyl groups is 1. The molecule has 1 fully saturated rings. The maximum Gasteiger partial charge on any atom is 0.322 e. The number of carboxylic acid groups (broad SMARTS) is 1. The molecule has 0 bridgehead atoms. The molecule has 1 heterocycles. The molecule has 0 saturated carbocycles. The molecule has 244 valence electrons. The topological polar surface area (TPSA) is 240 Å². The van der Waals surface area contributed by atoms with Crippen LogP contribution in [0.5, 0.6) is 5.75 Å². The largest absolute Gasteiger partial charge is 0.508 e. The first-order valence-corrected chi connectivity index (χ1v) is 14.8. The third kappa shape index (κ3) is 10.4. The lowest BCUT2D eigenvalue weighted by atomic mass is 10.0. The minimum atomic E-state index is -1.56. The first-order chi connectivity index (χ1) is 20.7. The molecule has 44 heavy (non-hydrogen) atoms. The van der Waals surface area contributed by atoms with Crippen LogP contribution in [0.2, 0.25) is 0 Å². The summed E-state index contributed by atoms with van der Waals surface area (Å²) in [5.41, 5.74) is 6.34. The lowest BCUT2D eigenvalue weighted by molar-refractivity contribution is -0.141. The number of amides is 5. The second-order valence-electron chi connectivity index (χ2n) is 11.0. The number of hydrogen-bond donors (Lipinski definition) is 9. The fraction of sp³-hybridized carbons (Fsp3) is 0.571. The number of phenols is 1. The Labute approximate surface area is 260 Å². The summed E-state index contributed by atoms with van der Waals surface area (Å²) in [6.07, 6.45) is -0.605. The Morgan fingerprint density at radius 3 is 2.14 bits per heavy atom. The number of nitrogens with two attached hydrogens (primary N) is 1. The number of aliphatic carboxylic acids is 1. The number of phenolic OH excluding ortho intramolecular Hbond substituents is 1. The first kappa shape index (κ1) is 36.3. The van der Waals surface area contributed by atoms with Crippen molar-refractivity contribution >= 4 is 48.1 Å². The van der Waals surface area contributed by atoms with E-state index in [1.54, 1.807) is 13.8 Å². The van der Waals surface area contributed by atoms with Crippen molar-refractivity contribution in [2.45, 2.75) is 76.3 Å². The summed E-state index contributed by atoms with van der Waals surface area (Å²) in [5.74, 6) is -5.26. The summed E-state index contributed by atoms with van der Waals surface area (Å²) in [5, 5.41) is 38.6. The highest BCUT2D eigenvalue weighted by Gasteiger charge is 2.39. The SMILES string of the molecule is CC(C)[C@H](NC(=O)[C@@H]1CCCN1C(=O)[C@@H](N)CS)C(=O)N[C@H](C(=O)N[C@@H](Cc1ccc(O)cc1)C(=O)NCC(=O)O)[C@@H](C)O. The van der Waals surface area contributed by atoms with E-state index in [0.717, 1.165) is 0 Å². The van der Waals surface area contributed by atoms with Crippen LogP contribution in [0, 0.1) is 5.92 Å². The molecule has 1 aromatic rings. The van der Waals surface area contributed by atoms with Crippen molar-refractivity contribution in [2.75, 3.05) is 18.8 Å². The summed E-state index contributed by atoms with van der Waals surface area (Å²) in [7, 11) is 0. The summed E-state index contributed by atoms with van der Waals surface area (Å²) in [4.78, 5) is 77.6. The highest BCUT2D eigenvalue weighted by atomic mass is 32.1.